The summed E-state index contributed by atoms with van der Waals surface area (Å²) in [5.41, 5.74) is 2.00. The number of amides is 1. The van der Waals surface area contributed by atoms with Crippen molar-refractivity contribution >= 4 is 12.1 Å². The Labute approximate surface area is 141 Å². The first-order valence-electron chi connectivity index (χ1n) is 7.89. The van der Waals surface area contributed by atoms with Crippen molar-refractivity contribution in [2.45, 2.75) is 31.9 Å². The standard InChI is InChI=1S/C19H21NO4/c21-18(22)17(13-7-12-15-8-3-1-4-9-15)20-19(23)24-14-16-10-5-2-6-11-16/h1-6,8-11,17H,7,12-14H2,(H,20,23)(H,21,22). The second-order valence-electron chi connectivity index (χ2n) is 5.47. The number of carbonyl (C=O) groups excluding carboxylic acids is 1. The Bertz CT molecular complexity index is 643. The normalized spacial score (nSPS) is 11.5. The lowest BCUT2D eigenvalue weighted by Gasteiger charge is -2.14. The molecule has 0 saturated carbocycles. The van der Waals surface area contributed by atoms with Gasteiger partial charge in [-0.05, 0) is 30.4 Å². The number of alkyl carbamates (subject to hydrolysis) is 1. The van der Waals surface area contributed by atoms with E-state index in [1.807, 2.05) is 60.7 Å². The van der Waals surface area contributed by atoms with Gasteiger partial charge < -0.3 is 15.2 Å². The molecule has 1 amide bonds. The summed E-state index contributed by atoms with van der Waals surface area (Å²) in [7, 11) is 0. The number of benzene rings is 2. The Kier molecular flexibility index (Phi) is 6.83. The highest BCUT2D eigenvalue weighted by molar-refractivity contribution is 5.79. The molecule has 0 aliphatic rings. The SMILES string of the molecule is O=C(NC(CCCc1ccccc1)C(=O)O)OCc1ccccc1. The number of carboxylic acid groups (broad SMARTS) is 1. The van der Waals surface area contributed by atoms with Crippen LogP contribution in [0.5, 0.6) is 0 Å². The van der Waals surface area contributed by atoms with E-state index in [2.05, 4.69) is 5.32 Å². The van der Waals surface area contributed by atoms with E-state index in [1.165, 1.54) is 0 Å². The van der Waals surface area contributed by atoms with Crippen LogP contribution < -0.4 is 5.32 Å². The summed E-state index contributed by atoms with van der Waals surface area (Å²) in [6.45, 7) is 0.114. The maximum Gasteiger partial charge on any atom is 0.408 e. The third-order valence-electron chi connectivity index (χ3n) is 3.60. The molecule has 2 aromatic rings. The van der Waals surface area contributed by atoms with Crippen LogP contribution in [-0.2, 0) is 22.6 Å². The van der Waals surface area contributed by atoms with Crippen molar-refractivity contribution in [2.75, 3.05) is 0 Å². The summed E-state index contributed by atoms with van der Waals surface area (Å²) in [4.78, 5) is 23.0. The zero-order valence-corrected chi connectivity index (χ0v) is 13.4. The molecule has 24 heavy (non-hydrogen) atoms. The quantitative estimate of drug-likeness (QED) is 0.779. The third kappa shape index (κ3) is 6.12. The number of carboxylic acids is 1. The van der Waals surface area contributed by atoms with Gasteiger partial charge in [-0.2, -0.15) is 0 Å². The molecular formula is C19H21NO4. The van der Waals surface area contributed by atoms with E-state index in [9.17, 15) is 14.7 Å². The van der Waals surface area contributed by atoms with E-state index < -0.39 is 18.1 Å². The average molecular weight is 327 g/mol. The van der Waals surface area contributed by atoms with Gasteiger partial charge in [0.2, 0.25) is 0 Å². The van der Waals surface area contributed by atoms with Crippen LogP contribution in [0.2, 0.25) is 0 Å². The van der Waals surface area contributed by atoms with Gasteiger partial charge in [0.1, 0.15) is 12.6 Å². The summed E-state index contributed by atoms with van der Waals surface area (Å²) in [6, 6.07) is 18.1. The minimum atomic E-state index is -1.06. The highest BCUT2D eigenvalue weighted by Crippen LogP contribution is 2.07. The zero-order valence-electron chi connectivity index (χ0n) is 13.4. The van der Waals surface area contributed by atoms with Crippen molar-refractivity contribution < 1.29 is 19.4 Å². The molecule has 0 saturated heterocycles. The monoisotopic (exact) mass is 327 g/mol. The summed E-state index contributed by atoms with van der Waals surface area (Å²) in [5, 5.41) is 11.6. The molecule has 0 fully saturated rings. The topological polar surface area (TPSA) is 75.6 Å². The first-order chi connectivity index (χ1) is 11.6. The van der Waals surface area contributed by atoms with Gasteiger partial charge >= 0.3 is 12.1 Å². The summed E-state index contributed by atoms with van der Waals surface area (Å²) in [6.07, 6.45) is 1.07. The molecule has 0 heterocycles. The highest BCUT2D eigenvalue weighted by Gasteiger charge is 2.20. The molecule has 1 unspecified atom stereocenters. The van der Waals surface area contributed by atoms with Gasteiger partial charge in [-0.3, -0.25) is 0 Å². The smallest absolute Gasteiger partial charge is 0.408 e. The van der Waals surface area contributed by atoms with Crippen LogP contribution in [0, 0.1) is 0 Å². The van der Waals surface area contributed by atoms with Gasteiger partial charge in [-0.15, -0.1) is 0 Å². The lowest BCUT2D eigenvalue weighted by atomic mass is 10.0. The fourth-order valence-corrected chi connectivity index (χ4v) is 2.32. The largest absolute Gasteiger partial charge is 0.480 e. The fraction of sp³-hybridized carbons (Fsp3) is 0.263. The van der Waals surface area contributed by atoms with E-state index in [0.29, 0.717) is 12.8 Å². The minimum Gasteiger partial charge on any atom is -0.480 e. The first kappa shape index (κ1) is 17.5. The van der Waals surface area contributed by atoms with Crippen molar-refractivity contribution in [1.29, 1.82) is 0 Å². The van der Waals surface area contributed by atoms with Crippen LogP contribution in [0.1, 0.15) is 24.0 Å². The van der Waals surface area contributed by atoms with Crippen LogP contribution in [-0.4, -0.2) is 23.2 Å². The molecule has 0 aromatic heterocycles. The van der Waals surface area contributed by atoms with E-state index >= 15 is 0 Å². The molecule has 5 heteroatoms. The van der Waals surface area contributed by atoms with E-state index in [0.717, 1.165) is 17.5 Å². The van der Waals surface area contributed by atoms with Gasteiger partial charge in [0.25, 0.3) is 0 Å². The van der Waals surface area contributed by atoms with E-state index in [-0.39, 0.29) is 6.61 Å². The predicted molar refractivity (Wildman–Crippen MR) is 90.6 cm³/mol. The molecule has 0 aliphatic carbocycles. The van der Waals surface area contributed by atoms with Gasteiger partial charge in [-0.1, -0.05) is 60.7 Å². The lowest BCUT2D eigenvalue weighted by molar-refractivity contribution is -0.139. The van der Waals surface area contributed by atoms with Gasteiger partial charge in [0.05, 0.1) is 0 Å². The Morgan fingerprint density at radius 2 is 1.54 bits per heavy atom. The van der Waals surface area contributed by atoms with Crippen LogP contribution >= 0.6 is 0 Å². The summed E-state index contributed by atoms with van der Waals surface area (Å²) in [5.74, 6) is -1.06. The molecular weight excluding hydrogens is 306 g/mol. The third-order valence-corrected chi connectivity index (χ3v) is 3.60. The fourth-order valence-electron chi connectivity index (χ4n) is 2.32. The van der Waals surface area contributed by atoms with Gasteiger partial charge in [-0.25, -0.2) is 9.59 Å². The summed E-state index contributed by atoms with van der Waals surface area (Å²) >= 11 is 0. The molecule has 0 bridgehead atoms. The van der Waals surface area contributed by atoms with Crippen LogP contribution in [0.25, 0.3) is 0 Å². The molecule has 2 rings (SSSR count). The molecule has 2 N–H and O–H groups in total. The molecule has 1 atom stereocenters. The average Bonchev–Trinajstić information content (AvgIpc) is 2.61. The number of rotatable bonds is 8. The number of carbonyl (C=O) groups is 2. The number of nitrogens with one attached hydrogen (secondary N) is 1. The number of hydrogen-bond acceptors (Lipinski definition) is 3. The van der Waals surface area contributed by atoms with E-state index in [4.69, 9.17) is 4.74 Å². The number of aliphatic carboxylic acids is 1. The lowest BCUT2D eigenvalue weighted by Crippen LogP contribution is -2.41. The number of hydrogen-bond donors (Lipinski definition) is 2. The van der Waals surface area contributed by atoms with Gasteiger partial charge in [0, 0.05) is 0 Å². The van der Waals surface area contributed by atoms with Crippen molar-refractivity contribution in [3.05, 3.63) is 71.8 Å². The van der Waals surface area contributed by atoms with Crippen molar-refractivity contribution in [3.63, 3.8) is 0 Å². The molecule has 5 nitrogen and oxygen atoms in total. The Hall–Kier alpha value is -2.82. The molecule has 0 aliphatic heterocycles. The van der Waals surface area contributed by atoms with Crippen molar-refractivity contribution in [2.24, 2.45) is 0 Å². The number of aryl methyl sites for hydroxylation is 1. The van der Waals surface area contributed by atoms with E-state index in [1.54, 1.807) is 0 Å². The van der Waals surface area contributed by atoms with Crippen LogP contribution in [0.3, 0.4) is 0 Å². The summed E-state index contributed by atoms with van der Waals surface area (Å²) < 4.78 is 5.06. The highest BCUT2D eigenvalue weighted by atomic mass is 16.5. The second-order valence-corrected chi connectivity index (χ2v) is 5.47. The molecule has 0 radical (unpaired) electrons. The van der Waals surface area contributed by atoms with Crippen LogP contribution in [0.15, 0.2) is 60.7 Å². The van der Waals surface area contributed by atoms with Crippen molar-refractivity contribution in [3.8, 4) is 0 Å². The molecule has 2 aromatic carbocycles. The van der Waals surface area contributed by atoms with Crippen molar-refractivity contribution in [1.82, 2.24) is 5.32 Å². The number of ether oxygens (including phenoxy) is 1. The first-order valence-corrected chi connectivity index (χ1v) is 7.89. The Morgan fingerprint density at radius 1 is 0.958 bits per heavy atom. The van der Waals surface area contributed by atoms with Crippen LogP contribution in [0.4, 0.5) is 4.79 Å². The Morgan fingerprint density at radius 3 is 2.12 bits per heavy atom. The zero-order chi connectivity index (χ0) is 17.2. The second kappa shape index (κ2) is 9.35. The predicted octanol–water partition coefficient (Wildman–Crippen LogP) is 3.39. The van der Waals surface area contributed by atoms with Gasteiger partial charge in [0.15, 0.2) is 0 Å². The molecule has 0 spiro atoms. The maximum atomic E-state index is 11.8. The molecule has 126 valence electrons. The minimum absolute atomic E-state index is 0.114. The Balaban J connectivity index is 1.75. The maximum absolute atomic E-state index is 11.8.